The summed E-state index contributed by atoms with van der Waals surface area (Å²) in [4.78, 5) is 25.2. The molecular formula is C20H24BrFN2O3. The lowest BCUT2D eigenvalue weighted by molar-refractivity contribution is -0.147. The number of para-hydroxylation sites is 1. The van der Waals surface area contributed by atoms with Crippen molar-refractivity contribution in [2.75, 3.05) is 0 Å². The Morgan fingerprint density at radius 3 is 2.48 bits per heavy atom. The Bertz CT molecular complexity index is 757. The van der Waals surface area contributed by atoms with Crippen molar-refractivity contribution in [3.63, 3.8) is 0 Å². The van der Waals surface area contributed by atoms with Crippen molar-refractivity contribution >= 4 is 27.7 Å². The highest BCUT2D eigenvalue weighted by Gasteiger charge is 2.59. The Hall–Kier alpha value is -1.63. The van der Waals surface area contributed by atoms with E-state index in [1.54, 1.807) is 12.1 Å². The summed E-state index contributed by atoms with van der Waals surface area (Å²) in [6, 6.07) is 5.91. The number of nitrogens with one attached hydrogen (secondary N) is 2. The number of carbonyl (C=O) groups excluding carboxylic acids is 2. The van der Waals surface area contributed by atoms with Gasteiger partial charge in [-0.1, -0.05) is 28.1 Å². The predicted octanol–water partition coefficient (Wildman–Crippen LogP) is 3.47. The van der Waals surface area contributed by atoms with Crippen LogP contribution in [-0.4, -0.2) is 22.2 Å². The van der Waals surface area contributed by atoms with Crippen molar-refractivity contribution in [1.82, 2.24) is 10.9 Å². The minimum Gasteiger partial charge on any atom is -0.478 e. The van der Waals surface area contributed by atoms with Gasteiger partial charge in [0.25, 0.3) is 5.91 Å². The average Bonchev–Trinajstić information content (AvgIpc) is 2.59. The number of rotatable bonds is 4. The molecule has 0 saturated heterocycles. The van der Waals surface area contributed by atoms with Gasteiger partial charge in [-0.3, -0.25) is 20.4 Å². The first-order valence-corrected chi connectivity index (χ1v) is 10.3. The van der Waals surface area contributed by atoms with Gasteiger partial charge in [0.15, 0.2) is 17.7 Å². The summed E-state index contributed by atoms with van der Waals surface area (Å²) in [6.07, 6.45) is 5.15. The first-order valence-electron chi connectivity index (χ1n) is 9.49. The molecule has 1 aromatic rings. The van der Waals surface area contributed by atoms with E-state index in [0.717, 1.165) is 32.1 Å². The van der Waals surface area contributed by atoms with E-state index in [9.17, 15) is 14.0 Å². The van der Waals surface area contributed by atoms with Crippen LogP contribution in [0, 0.1) is 23.1 Å². The van der Waals surface area contributed by atoms with Gasteiger partial charge in [-0.15, -0.1) is 0 Å². The van der Waals surface area contributed by atoms with Crippen LogP contribution >= 0.6 is 15.9 Å². The summed E-state index contributed by atoms with van der Waals surface area (Å²) in [5, 5.41) is 0. The highest BCUT2D eigenvalue weighted by atomic mass is 79.9. The Balaban J connectivity index is 1.35. The van der Waals surface area contributed by atoms with Crippen LogP contribution in [0.5, 0.6) is 5.75 Å². The summed E-state index contributed by atoms with van der Waals surface area (Å²) >= 11 is 3.89. The van der Waals surface area contributed by atoms with Gasteiger partial charge in [0.05, 0.1) is 5.41 Å². The maximum absolute atomic E-state index is 13.7. The van der Waals surface area contributed by atoms with Crippen molar-refractivity contribution in [2.45, 2.75) is 55.9 Å². The van der Waals surface area contributed by atoms with Gasteiger partial charge in [0.1, 0.15) is 0 Å². The van der Waals surface area contributed by atoms with E-state index in [1.165, 1.54) is 25.5 Å². The molecule has 4 fully saturated rings. The van der Waals surface area contributed by atoms with Crippen LogP contribution in [0.25, 0.3) is 0 Å². The van der Waals surface area contributed by atoms with Crippen molar-refractivity contribution in [3.05, 3.63) is 30.1 Å². The van der Waals surface area contributed by atoms with E-state index in [-0.39, 0.29) is 16.0 Å². The van der Waals surface area contributed by atoms with Crippen LogP contribution in [0.2, 0.25) is 0 Å². The molecule has 0 radical (unpaired) electrons. The first kappa shape index (κ1) is 18.7. The topological polar surface area (TPSA) is 67.4 Å². The summed E-state index contributed by atoms with van der Waals surface area (Å²) in [6.45, 7) is 1.52. The summed E-state index contributed by atoms with van der Waals surface area (Å²) in [7, 11) is 0. The molecule has 2 amide bonds. The number of hydrazine groups is 1. The number of carbonyl (C=O) groups is 2. The fourth-order valence-electron chi connectivity index (χ4n) is 5.55. The first-order chi connectivity index (χ1) is 12.8. The van der Waals surface area contributed by atoms with Crippen LogP contribution in [0.15, 0.2) is 24.3 Å². The quantitative estimate of drug-likeness (QED) is 0.558. The largest absolute Gasteiger partial charge is 0.478 e. The second-order valence-electron chi connectivity index (χ2n) is 8.53. The van der Waals surface area contributed by atoms with E-state index in [4.69, 9.17) is 4.74 Å². The van der Waals surface area contributed by atoms with Gasteiger partial charge >= 0.3 is 0 Å². The average molecular weight is 439 g/mol. The van der Waals surface area contributed by atoms with Crippen LogP contribution in [-0.2, 0) is 9.59 Å². The Morgan fingerprint density at radius 2 is 1.85 bits per heavy atom. The number of halogens is 2. The molecule has 1 aromatic carbocycles. The summed E-state index contributed by atoms with van der Waals surface area (Å²) < 4.78 is 19.1. The normalized spacial score (nSPS) is 34.8. The van der Waals surface area contributed by atoms with Gasteiger partial charge in [0, 0.05) is 4.32 Å². The van der Waals surface area contributed by atoms with Crippen LogP contribution in [0.1, 0.15) is 45.4 Å². The number of benzene rings is 1. The third kappa shape index (κ3) is 3.58. The zero-order valence-electron chi connectivity index (χ0n) is 15.3. The predicted molar refractivity (Wildman–Crippen MR) is 102 cm³/mol. The third-order valence-corrected chi connectivity index (χ3v) is 7.21. The Kier molecular flexibility index (Phi) is 4.69. The maximum Gasteiger partial charge on any atom is 0.279 e. The molecular weight excluding hydrogens is 415 g/mol. The standard InChI is InChI=1S/C20H24BrFN2O3/c1-12(27-16-5-3-2-4-15(16)22)17(25)23-24-18(26)19-7-13-6-14(8-19)10-20(21,9-13)11-19/h2-5,12-14H,6-11H2,1H3,(H,23,25)(H,24,26). The second kappa shape index (κ2) is 6.76. The van der Waals surface area contributed by atoms with E-state index in [2.05, 4.69) is 26.8 Å². The van der Waals surface area contributed by atoms with Crippen LogP contribution in [0.4, 0.5) is 4.39 Å². The highest BCUT2D eigenvalue weighted by Crippen LogP contribution is 2.64. The van der Waals surface area contributed by atoms with Crippen molar-refractivity contribution in [2.24, 2.45) is 17.3 Å². The van der Waals surface area contributed by atoms with Crippen LogP contribution in [0.3, 0.4) is 0 Å². The number of hydrogen-bond acceptors (Lipinski definition) is 3. The van der Waals surface area contributed by atoms with Gasteiger partial charge in [-0.2, -0.15) is 0 Å². The molecule has 5 nitrogen and oxygen atoms in total. The highest BCUT2D eigenvalue weighted by molar-refractivity contribution is 9.10. The van der Waals surface area contributed by atoms with Crippen LogP contribution < -0.4 is 15.6 Å². The lowest BCUT2D eigenvalue weighted by Gasteiger charge is -2.59. The minimum absolute atomic E-state index is 0.00814. The van der Waals surface area contributed by atoms with E-state index in [0.29, 0.717) is 11.8 Å². The molecule has 146 valence electrons. The number of ether oxygens (including phenoxy) is 1. The number of alkyl halides is 1. The molecule has 7 heteroatoms. The molecule has 5 rings (SSSR count). The molecule has 4 aliphatic rings. The third-order valence-electron chi connectivity index (χ3n) is 6.28. The number of amides is 2. The molecule has 3 atom stereocenters. The van der Waals surface area contributed by atoms with Gasteiger partial charge in [-0.25, -0.2) is 4.39 Å². The van der Waals surface area contributed by atoms with Crippen molar-refractivity contribution < 1.29 is 18.7 Å². The SMILES string of the molecule is CC(Oc1ccccc1F)C(=O)NNC(=O)C12CC3CC(CC(Br)(C3)C1)C2. The summed E-state index contributed by atoms with van der Waals surface area (Å²) in [5.41, 5.74) is 4.66. The fourth-order valence-corrected chi connectivity index (χ4v) is 7.01. The molecule has 4 bridgehead atoms. The van der Waals surface area contributed by atoms with Gasteiger partial charge in [0.2, 0.25) is 5.91 Å². The van der Waals surface area contributed by atoms with Crippen molar-refractivity contribution in [3.8, 4) is 5.75 Å². The molecule has 4 saturated carbocycles. The lowest BCUT2D eigenvalue weighted by atomic mass is 9.49. The van der Waals surface area contributed by atoms with E-state index >= 15 is 0 Å². The molecule has 0 heterocycles. The van der Waals surface area contributed by atoms with E-state index in [1.807, 2.05) is 0 Å². The minimum atomic E-state index is -0.930. The number of hydrogen-bond donors (Lipinski definition) is 2. The maximum atomic E-state index is 13.7. The van der Waals surface area contributed by atoms with E-state index < -0.39 is 23.2 Å². The van der Waals surface area contributed by atoms with Gasteiger partial charge in [-0.05, 0) is 69.4 Å². The molecule has 0 spiro atoms. The molecule has 27 heavy (non-hydrogen) atoms. The second-order valence-corrected chi connectivity index (χ2v) is 10.2. The lowest BCUT2D eigenvalue weighted by Crippen LogP contribution is -2.60. The zero-order valence-corrected chi connectivity index (χ0v) is 16.9. The summed E-state index contributed by atoms with van der Waals surface area (Å²) in [5.74, 6) is 0.00805. The smallest absolute Gasteiger partial charge is 0.279 e. The molecule has 0 aromatic heterocycles. The molecule has 3 unspecified atom stereocenters. The zero-order chi connectivity index (χ0) is 19.2. The van der Waals surface area contributed by atoms with Gasteiger partial charge < -0.3 is 4.74 Å². The molecule has 2 N–H and O–H groups in total. The molecule has 4 aliphatic carbocycles. The fraction of sp³-hybridized carbons (Fsp3) is 0.600. The van der Waals surface area contributed by atoms with Crippen molar-refractivity contribution in [1.29, 1.82) is 0 Å². The molecule has 0 aliphatic heterocycles. The Labute approximate surface area is 166 Å². The monoisotopic (exact) mass is 438 g/mol. The Morgan fingerprint density at radius 1 is 1.19 bits per heavy atom.